The van der Waals surface area contributed by atoms with Crippen LogP contribution in [-0.2, 0) is 0 Å². The monoisotopic (exact) mass is 278 g/mol. The molecule has 0 saturated carbocycles. The first-order chi connectivity index (χ1) is 10.2. The Bertz CT molecular complexity index is 984. The Morgan fingerprint density at radius 3 is 2.95 bits per heavy atom. The summed E-state index contributed by atoms with van der Waals surface area (Å²) in [5.74, 6) is -0.994. The van der Waals surface area contributed by atoms with Gasteiger partial charge in [-0.15, -0.1) is 0 Å². The van der Waals surface area contributed by atoms with Crippen LogP contribution in [0.4, 0.5) is 0 Å². The highest BCUT2D eigenvalue weighted by Gasteiger charge is 2.11. The zero-order valence-corrected chi connectivity index (χ0v) is 10.8. The summed E-state index contributed by atoms with van der Waals surface area (Å²) in [7, 11) is 0. The topological polar surface area (TPSA) is 94.7 Å². The summed E-state index contributed by atoms with van der Waals surface area (Å²) in [4.78, 5) is 25.7. The fourth-order valence-electron chi connectivity index (χ4n) is 2.46. The van der Waals surface area contributed by atoms with Crippen molar-refractivity contribution in [2.24, 2.45) is 0 Å². The third-order valence-corrected chi connectivity index (χ3v) is 3.44. The normalized spacial score (nSPS) is 11.2. The van der Waals surface area contributed by atoms with Crippen molar-refractivity contribution in [2.45, 2.75) is 0 Å². The molecule has 4 aromatic heterocycles. The van der Waals surface area contributed by atoms with Gasteiger partial charge in [0.25, 0.3) is 0 Å². The number of carboxylic acids is 1. The minimum Gasteiger partial charge on any atom is -0.477 e. The summed E-state index contributed by atoms with van der Waals surface area (Å²) in [6.07, 6.45) is 3.55. The Kier molecular flexibility index (Phi) is 2.32. The molecular formula is C15H10N4O2. The average molecular weight is 278 g/mol. The number of aromatic nitrogens is 4. The lowest BCUT2D eigenvalue weighted by Gasteiger charge is -2.02. The zero-order valence-electron chi connectivity index (χ0n) is 10.8. The lowest BCUT2D eigenvalue weighted by atomic mass is 10.1. The SMILES string of the molecule is O=C(O)c1cc2nc(-c3ccnc4[nH]ccc34)ccc2[nH]1. The van der Waals surface area contributed by atoms with Crippen LogP contribution < -0.4 is 0 Å². The first-order valence-electron chi connectivity index (χ1n) is 6.38. The van der Waals surface area contributed by atoms with E-state index in [9.17, 15) is 4.79 Å². The minimum atomic E-state index is -0.994. The number of rotatable bonds is 2. The first kappa shape index (κ1) is 11.7. The Labute approximate surface area is 118 Å². The lowest BCUT2D eigenvalue weighted by molar-refractivity contribution is 0.0691. The van der Waals surface area contributed by atoms with E-state index in [1.165, 1.54) is 6.07 Å². The number of carbonyl (C=O) groups is 1. The van der Waals surface area contributed by atoms with E-state index in [1.54, 1.807) is 6.20 Å². The summed E-state index contributed by atoms with van der Waals surface area (Å²) in [5.41, 5.74) is 4.01. The summed E-state index contributed by atoms with van der Waals surface area (Å²) >= 11 is 0. The molecule has 6 nitrogen and oxygen atoms in total. The van der Waals surface area contributed by atoms with Gasteiger partial charge in [-0.05, 0) is 30.3 Å². The van der Waals surface area contributed by atoms with Crippen LogP contribution in [0.15, 0.2) is 42.7 Å². The first-order valence-corrected chi connectivity index (χ1v) is 6.38. The predicted octanol–water partition coefficient (Wildman–Crippen LogP) is 2.80. The largest absolute Gasteiger partial charge is 0.477 e. The van der Waals surface area contributed by atoms with Crippen LogP contribution in [0.2, 0.25) is 0 Å². The fourth-order valence-corrected chi connectivity index (χ4v) is 2.46. The number of nitrogens with zero attached hydrogens (tertiary/aromatic N) is 2. The van der Waals surface area contributed by atoms with Gasteiger partial charge in [0.05, 0.1) is 16.7 Å². The highest BCUT2D eigenvalue weighted by atomic mass is 16.4. The van der Waals surface area contributed by atoms with Gasteiger partial charge in [-0.2, -0.15) is 0 Å². The lowest BCUT2D eigenvalue weighted by Crippen LogP contribution is -1.94. The maximum absolute atomic E-state index is 11.0. The second-order valence-electron chi connectivity index (χ2n) is 4.72. The third kappa shape index (κ3) is 1.77. The molecular weight excluding hydrogens is 268 g/mol. The summed E-state index contributed by atoms with van der Waals surface area (Å²) < 4.78 is 0. The number of hydrogen-bond donors (Lipinski definition) is 3. The molecule has 0 radical (unpaired) electrons. The molecule has 102 valence electrons. The van der Waals surface area contributed by atoms with Crippen LogP contribution in [-0.4, -0.2) is 31.0 Å². The molecule has 6 heteroatoms. The van der Waals surface area contributed by atoms with Crippen molar-refractivity contribution in [1.29, 1.82) is 0 Å². The van der Waals surface area contributed by atoms with Gasteiger partial charge in [-0.3, -0.25) is 0 Å². The van der Waals surface area contributed by atoms with Gasteiger partial charge >= 0.3 is 5.97 Å². The quantitative estimate of drug-likeness (QED) is 0.525. The standard InChI is InChI=1S/C15H10N4O2/c20-15(21)13-7-12-11(19-13)2-1-10(18-12)8-3-5-16-14-9(8)4-6-17-14/h1-7,19H,(H,16,17)(H,20,21). The molecule has 0 saturated heterocycles. The van der Waals surface area contributed by atoms with Crippen molar-refractivity contribution in [2.75, 3.05) is 0 Å². The molecule has 0 spiro atoms. The van der Waals surface area contributed by atoms with Gasteiger partial charge in [-0.1, -0.05) is 0 Å². The van der Waals surface area contributed by atoms with E-state index in [0.29, 0.717) is 11.0 Å². The van der Waals surface area contributed by atoms with Crippen LogP contribution in [0.1, 0.15) is 10.5 Å². The summed E-state index contributed by atoms with van der Waals surface area (Å²) in [6.45, 7) is 0. The van der Waals surface area contributed by atoms with Gasteiger partial charge in [0.15, 0.2) is 0 Å². The molecule has 21 heavy (non-hydrogen) atoms. The Balaban J connectivity index is 1.94. The van der Waals surface area contributed by atoms with E-state index in [2.05, 4.69) is 19.9 Å². The number of aromatic amines is 2. The maximum Gasteiger partial charge on any atom is 0.352 e. The number of H-pyrrole nitrogens is 2. The molecule has 3 N–H and O–H groups in total. The Morgan fingerprint density at radius 2 is 2.10 bits per heavy atom. The van der Waals surface area contributed by atoms with Crippen LogP contribution in [0.5, 0.6) is 0 Å². The highest BCUT2D eigenvalue weighted by Crippen LogP contribution is 2.27. The molecule has 0 fully saturated rings. The van der Waals surface area contributed by atoms with Gasteiger partial charge in [-0.25, -0.2) is 14.8 Å². The van der Waals surface area contributed by atoms with Crippen LogP contribution >= 0.6 is 0 Å². The van der Waals surface area contributed by atoms with E-state index in [0.717, 1.165) is 22.3 Å². The number of fused-ring (bicyclic) bond motifs is 2. The summed E-state index contributed by atoms with van der Waals surface area (Å²) in [5, 5.41) is 10.00. The number of carboxylic acid groups (broad SMARTS) is 1. The average Bonchev–Trinajstić information content (AvgIpc) is 3.12. The second kappa shape index (κ2) is 4.17. The maximum atomic E-state index is 11.0. The van der Waals surface area contributed by atoms with Crippen LogP contribution in [0.25, 0.3) is 33.3 Å². The zero-order chi connectivity index (χ0) is 14.4. The number of hydrogen-bond acceptors (Lipinski definition) is 3. The van der Waals surface area contributed by atoms with Crippen molar-refractivity contribution in [3.63, 3.8) is 0 Å². The molecule has 0 amide bonds. The fraction of sp³-hybridized carbons (Fsp3) is 0. The summed E-state index contributed by atoms with van der Waals surface area (Å²) in [6, 6.07) is 9.09. The van der Waals surface area contributed by atoms with Gasteiger partial charge in [0.2, 0.25) is 0 Å². The number of aromatic carboxylic acids is 1. The van der Waals surface area contributed by atoms with E-state index in [4.69, 9.17) is 5.11 Å². The molecule has 0 aromatic carbocycles. The van der Waals surface area contributed by atoms with Gasteiger partial charge in [0, 0.05) is 23.3 Å². The molecule has 4 rings (SSSR count). The Hall–Kier alpha value is -3.15. The molecule has 4 aromatic rings. The highest BCUT2D eigenvalue weighted by molar-refractivity contribution is 5.95. The molecule has 4 heterocycles. The van der Waals surface area contributed by atoms with E-state index < -0.39 is 5.97 Å². The second-order valence-corrected chi connectivity index (χ2v) is 4.72. The van der Waals surface area contributed by atoms with Crippen LogP contribution in [0, 0.1) is 0 Å². The number of nitrogens with one attached hydrogen (secondary N) is 2. The van der Waals surface area contributed by atoms with Crippen molar-refractivity contribution in [3.05, 3.63) is 48.4 Å². The van der Waals surface area contributed by atoms with E-state index in [1.807, 2.05) is 30.5 Å². The van der Waals surface area contributed by atoms with Crippen LogP contribution in [0.3, 0.4) is 0 Å². The molecule has 0 aliphatic rings. The van der Waals surface area contributed by atoms with Crippen molar-refractivity contribution in [1.82, 2.24) is 19.9 Å². The van der Waals surface area contributed by atoms with E-state index >= 15 is 0 Å². The minimum absolute atomic E-state index is 0.135. The van der Waals surface area contributed by atoms with Crippen molar-refractivity contribution >= 4 is 28.0 Å². The molecule has 0 atom stereocenters. The van der Waals surface area contributed by atoms with Crippen molar-refractivity contribution < 1.29 is 9.90 Å². The van der Waals surface area contributed by atoms with Crippen molar-refractivity contribution in [3.8, 4) is 11.3 Å². The molecule has 0 aliphatic carbocycles. The third-order valence-electron chi connectivity index (χ3n) is 3.44. The molecule has 0 unspecified atom stereocenters. The van der Waals surface area contributed by atoms with Gasteiger partial charge < -0.3 is 15.1 Å². The van der Waals surface area contributed by atoms with Gasteiger partial charge in [0.1, 0.15) is 11.3 Å². The number of pyridine rings is 2. The van der Waals surface area contributed by atoms with E-state index in [-0.39, 0.29) is 5.69 Å². The molecule has 0 bridgehead atoms. The smallest absolute Gasteiger partial charge is 0.352 e. The Morgan fingerprint density at radius 1 is 1.19 bits per heavy atom. The molecule has 0 aliphatic heterocycles. The predicted molar refractivity (Wildman–Crippen MR) is 78.1 cm³/mol.